The van der Waals surface area contributed by atoms with E-state index in [1.165, 1.54) is 12.1 Å². The second kappa shape index (κ2) is 5.65. The van der Waals surface area contributed by atoms with Gasteiger partial charge in [0.25, 0.3) is 0 Å². The molecule has 1 aromatic rings. The molecule has 0 spiro atoms. The molecule has 0 aliphatic heterocycles. The van der Waals surface area contributed by atoms with Crippen LogP contribution in [0.5, 0.6) is 0 Å². The highest BCUT2D eigenvalue weighted by Gasteiger charge is 2.28. The van der Waals surface area contributed by atoms with Crippen molar-refractivity contribution < 1.29 is 13.5 Å². The first-order valence-electron chi connectivity index (χ1n) is 6.09. The Hall–Kier alpha value is -1.49. The summed E-state index contributed by atoms with van der Waals surface area (Å²) >= 11 is 0. The number of aromatic nitrogens is 1. The molecule has 1 fully saturated rings. The lowest BCUT2D eigenvalue weighted by Gasteiger charge is -2.27. The molecule has 0 bridgehead atoms. The molecule has 2 rings (SSSR count). The quantitative estimate of drug-likeness (QED) is 0.841. The summed E-state index contributed by atoms with van der Waals surface area (Å²) in [6, 6.07) is 4.07. The van der Waals surface area contributed by atoms with E-state index >= 15 is 0 Å². The van der Waals surface area contributed by atoms with Crippen LogP contribution in [0, 0.1) is 11.3 Å². The third kappa shape index (κ3) is 3.29. The van der Waals surface area contributed by atoms with Crippen LogP contribution in [0.25, 0.3) is 0 Å². The smallest absolute Gasteiger partial charge is 0.242 e. The molecule has 0 aromatic carbocycles. The molecular formula is C12H15N3O3S. The van der Waals surface area contributed by atoms with Gasteiger partial charge in [0, 0.05) is 12.2 Å². The molecule has 1 aliphatic carbocycles. The number of nitrogens with one attached hydrogen (secondary N) is 1. The lowest BCUT2D eigenvalue weighted by molar-refractivity contribution is 0.101. The minimum absolute atomic E-state index is 0.00396. The van der Waals surface area contributed by atoms with Gasteiger partial charge in [0.15, 0.2) is 0 Å². The van der Waals surface area contributed by atoms with E-state index in [-0.39, 0.29) is 10.6 Å². The van der Waals surface area contributed by atoms with Crippen LogP contribution < -0.4 is 4.72 Å². The van der Waals surface area contributed by atoms with Crippen LogP contribution in [-0.4, -0.2) is 30.7 Å². The maximum absolute atomic E-state index is 12.1. The molecule has 0 amide bonds. The van der Waals surface area contributed by atoms with Crippen molar-refractivity contribution in [3.8, 4) is 6.07 Å². The zero-order valence-corrected chi connectivity index (χ0v) is 11.1. The summed E-state index contributed by atoms with van der Waals surface area (Å²) in [5.74, 6) is 0. The van der Waals surface area contributed by atoms with Crippen molar-refractivity contribution in [1.82, 2.24) is 9.71 Å². The number of aliphatic hydroxyl groups is 1. The molecular weight excluding hydrogens is 266 g/mol. The Labute approximate surface area is 112 Å². The number of aliphatic hydroxyl groups excluding tert-OH is 1. The van der Waals surface area contributed by atoms with Crippen LogP contribution in [0.2, 0.25) is 0 Å². The van der Waals surface area contributed by atoms with Gasteiger partial charge < -0.3 is 5.11 Å². The fraction of sp³-hybridized carbons (Fsp3) is 0.500. The maximum Gasteiger partial charge on any atom is 0.242 e. The number of hydrogen-bond donors (Lipinski definition) is 2. The fourth-order valence-electron chi connectivity index (χ4n) is 2.12. The van der Waals surface area contributed by atoms with E-state index in [0.717, 1.165) is 19.0 Å². The highest BCUT2D eigenvalue weighted by molar-refractivity contribution is 7.89. The Morgan fingerprint density at radius 1 is 1.37 bits per heavy atom. The largest absolute Gasteiger partial charge is 0.391 e. The van der Waals surface area contributed by atoms with Crippen molar-refractivity contribution in [1.29, 1.82) is 5.26 Å². The predicted octanol–water partition coefficient (Wildman–Crippen LogP) is 0.535. The third-order valence-electron chi connectivity index (χ3n) is 3.20. The summed E-state index contributed by atoms with van der Waals surface area (Å²) in [6.07, 6.45) is 3.56. The molecule has 1 saturated carbocycles. The predicted molar refractivity (Wildman–Crippen MR) is 67.5 cm³/mol. The van der Waals surface area contributed by atoms with Crippen molar-refractivity contribution in [3.63, 3.8) is 0 Å². The molecule has 2 N–H and O–H groups in total. The van der Waals surface area contributed by atoms with Gasteiger partial charge in [0.1, 0.15) is 16.7 Å². The van der Waals surface area contributed by atoms with Gasteiger partial charge in [-0.1, -0.05) is 12.8 Å². The zero-order chi connectivity index (χ0) is 13.9. The van der Waals surface area contributed by atoms with Crippen molar-refractivity contribution in [3.05, 3.63) is 24.0 Å². The van der Waals surface area contributed by atoms with E-state index in [9.17, 15) is 13.5 Å². The standard InChI is InChI=1S/C12H15N3O3S/c13-7-9-5-6-10(8-14-9)19(17,18)15-11-3-1-2-4-12(11)16/h5-6,8,11-12,15-16H,1-4H2/t11-,12-/m0/s1. The third-order valence-corrected chi connectivity index (χ3v) is 4.67. The summed E-state index contributed by atoms with van der Waals surface area (Å²) < 4.78 is 26.7. The fourth-order valence-corrected chi connectivity index (χ4v) is 3.37. The summed E-state index contributed by atoms with van der Waals surface area (Å²) in [7, 11) is -3.70. The summed E-state index contributed by atoms with van der Waals surface area (Å²) in [5.41, 5.74) is 0.164. The van der Waals surface area contributed by atoms with Gasteiger partial charge >= 0.3 is 0 Å². The molecule has 0 saturated heterocycles. The van der Waals surface area contributed by atoms with Crippen LogP contribution in [0.15, 0.2) is 23.2 Å². The van der Waals surface area contributed by atoms with Crippen LogP contribution in [0.1, 0.15) is 31.4 Å². The van der Waals surface area contributed by atoms with E-state index in [1.807, 2.05) is 6.07 Å². The van der Waals surface area contributed by atoms with Gasteiger partial charge in [-0.15, -0.1) is 0 Å². The first kappa shape index (κ1) is 13.9. The Morgan fingerprint density at radius 3 is 2.68 bits per heavy atom. The van der Waals surface area contributed by atoms with Crippen LogP contribution in [-0.2, 0) is 10.0 Å². The number of pyridine rings is 1. The Bertz CT molecular complexity index is 577. The van der Waals surface area contributed by atoms with Crippen molar-refractivity contribution in [2.45, 2.75) is 42.7 Å². The van der Waals surface area contributed by atoms with E-state index in [2.05, 4.69) is 9.71 Å². The van der Waals surface area contributed by atoms with Crippen LogP contribution in [0.4, 0.5) is 0 Å². The summed E-state index contributed by atoms with van der Waals surface area (Å²) in [4.78, 5) is 3.74. The minimum atomic E-state index is -3.70. The molecule has 0 radical (unpaired) electrons. The zero-order valence-electron chi connectivity index (χ0n) is 10.3. The molecule has 19 heavy (non-hydrogen) atoms. The molecule has 1 heterocycles. The average Bonchev–Trinajstić information content (AvgIpc) is 2.41. The van der Waals surface area contributed by atoms with E-state index in [0.29, 0.717) is 12.8 Å². The van der Waals surface area contributed by atoms with E-state index < -0.39 is 22.2 Å². The summed E-state index contributed by atoms with van der Waals surface area (Å²) in [6.45, 7) is 0. The molecule has 2 atom stereocenters. The second-order valence-corrected chi connectivity index (χ2v) is 6.28. The van der Waals surface area contributed by atoms with Gasteiger partial charge in [0.2, 0.25) is 10.0 Å². The van der Waals surface area contributed by atoms with E-state index in [1.54, 1.807) is 0 Å². The van der Waals surface area contributed by atoms with Crippen molar-refractivity contribution in [2.75, 3.05) is 0 Å². The topological polar surface area (TPSA) is 103 Å². The lowest BCUT2D eigenvalue weighted by Crippen LogP contribution is -2.44. The van der Waals surface area contributed by atoms with Crippen molar-refractivity contribution >= 4 is 10.0 Å². The minimum Gasteiger partial charge on any atom is -0.391 e. The number of hydrogen-bond acceptors (Lipinski definition) is 5. The molecule has 1 aliphatic rings. The molecule has 7 heteroatoms. The average molecular weight is 281 g/mol. The summed E-state index contributed by atoms with van der Waals surface area (Å²) in [5, 5.41) is 18.4. The number of nitriles is 1. The van der Waals surface area contributed by atoms with Gasteiger partial charge in [-0.3, -0.25) is 0 Å². The van der Waals surface area contributed by atoms with Gasteiger partial charge in [-0.05, 0) is 25.0 Å². The Kier molecular flexibility index (Phi) is 4.14. The van der Waals surface area contributed by atoms with Crippen LogP contribution >= 0.6 is 0 Å². The van der Waals surface area contributed by atoms with Crippen molar-refractivity contribution in [2.24, 2.45) is 0 Å². The lowest BCUT2D eigenvalue weighted by atomic mass is 9.93. The maximum atomic E-state index is 12.1. The normalized spacial score (nSPS) is 23.8. The SMILES string of the molecule is N#Cc1ccc(S(=O)(=O)N[C@H]2CCCC[C@@H]2O)cn1. The number of rotatable bonds is 3. The van der Waals surface area contributed by atoms with Gasteiger partial charge in [-0.2, -0.15) is 5.26 Å². The molecule has 6 nitrogen and oxygen atoms in total. The first-order valence-corrected chi connectivity index (χ1v) is 7.58. The Balaban J connectivity index is 2.15. The molecule has 102 valence electrons. The van der Waals surface area contributed by atoms with Gasteiger partial charge in [-0.25, -0.2) is 18.1 Å². The Morgan fingerprint density at radius 2 is 2.11 bits per heavy atom. The highest BCUT2D eigenvalue weighted by Crippen LogP contribution is 2.20. The second-order valence-electron chi connectivity index (χ2n) is 4.57. The number of nitrogens with zero attached hydrogens (tertiary/aromatic N) is 2. The monoisotopic (exact) mass is 281 g/mol. The number of sulfonamides is 1. The van der Waals surface area contributed by atoms with Crippen LogP contribution in [0.3, 0.4) is 0 Å². The highest BCUT2D eigenvalue weighted by atomic mass is 32.2. The van der Waals surface area contributed by atoms with E-state index in [4.69, 9.17) is 5.26 Å². The van der Waals surface area contributed by atoms with Gasteiger partial charge in [0.05, 0.1) is 6.10 Å². The molecule has 1 aromatic heterocycles. The molecule has 0 unspecified atom stereocenters. The first-order chi connectivity index (χ1) is 9.03.